The molecule has 2 N–H and O–H groups in total. The normalized spacial score (nSPS) is 27.0. The summed E-state index contributed by atoms with van der Waals surface area (Å²) < 4.78 is 0. The molecule has 12 heteroatoms. The summed E-state index contributed by atoms with van der Waals surface area (Å²) in [6.45, 7) is 3.96. The third kappa shape index (κ3) is 3.69. The molecule has 0 aromatic heterocycles. The van der Waals surface area contributed by atoms with Gasteiger partial charge >= 0.3 is 6.03 Å². The van der Waals surface area contributed by atoms with Gasteiger partial charge in [-0.05, 0) is 12.5 Å². The predicted molar refractivity (Wildman–Crippen MR) is 115 cm³/mol. The molecule has 3 aliphatic rings. The Kier molecular flexibility index (Phi) is 6.02. The number of hydrogen-bond acceptors (Lipinski definition) is 7. The molecule has 0 aliphatic carbocycles. The molecule has 0 bridgehead atoms. The fraction of sp³-hybridized carbons (Fsp3) is 0.524. The van der Waals surface area contributed by atoms with Crippen LogP contribution in [-0.2, 0) is 14.4 Å². The molecule has 5 amide bonds. The number of urea groups is 1. The van der Waals surface area contributed by atoms with E-state index in [1.54, 1.807) is 17.9 Å². The van der Waals surface area contributed by atoms with E-state index in [9.17, 15) is 29.3 Å². The Labute approximate surface area is 190 Å². The average molecular weight is 458 g/mol. The van der Waals surface area contributed by atoms with Gasteiger partial charge in [0.1, 0.15) is 6.04 Å². The Morgan fingerprint density at radius 2 is 1.85 bits per heavy atom. The lowest BCUT2D eigenvalue weighted by molar-refractivity contribution is -0.385. The molecule has 33 heavy (non-hydrogen) atoms. The van der Waals surface area contributed by atoms with Crippen molar-refractivity contribution in [2.24, 2.45) is 11.8 Å². The van der Waals surface area contributed by atoms with Gasteiger partial charge < -0.3 is 20.4 Å². The zero-order valence-corrected chi connectivity index (χ0v) is 18.4. The van der Waals surface area contributed by atoms with E-state index in [0.29, 0.717) is 31.7 Å². The van der Waals surface area contributed by atoms with Gasteiger partial charge in [-0.15, -0.1) is 0 Å². The Hall–Kier alpha value is -3.54. The predicted octanol–water partition coefficient (Wildman–Crippen LogP) is -0.288. The zero-order valence-electron chi connectivity index (χ0n) is 18.4. The highest BCUT2D eigenvalue weighted by molar-refractivity contribution is 6.09. The summed E-state index contributed by atoms with van der Waals surface area (Å²) in [7, 11) is 1.36. The van der Waals surface area contributed by atoms with Crippen molar-refractivity contribution in [1.29, 1.82) is 0 Å². The van der Waals surface area contributed by atoms with E-state index in [0.717, 1.165) is 4.90 Å². The highest BCUT2D eigenvalue weighted by Gasteiger charge is 2.65. The monoisotopic (exact) mass is 458 g/mol. The second-order valence-electron chi connectivity index (χ2n) is 8.35. The molecule has 3 aliphatic heterocycles. The fourth-order valence-corrected chi connectivity index (χ4v) is 5.08. The maximum atomic E-state index is 13.7. The smallest absolute Gasteiger partial charge is 0.318 e. The number of hydrogen-bond donors (Lipinski definition) is 2. The molecule has 3 heterocycles. The molecule has 176 valence electrons. The van der Waals surface area contributed by atoms with Crippen LogP contribution in [0.5, 0.6) is 0 Å². The largest absolute Gasteiger partial charge is 0.338 e. The number of likely N-dealkylation sites (tertiary alicyclic amines) is 2. The van der Waals surface area contributed by atoms with E-state index in [4.69, 9.17) is 0 Å². The van der Waals surface area contributed by atoms with Crippen molar-refractivity contribution in [1.82, 2.24) is 25.3 Å². The molecule has 1 aromatic carbocycles. The SMILES string of the molecule is CCNC(=O)N1C(C(=O)N2CCNCC2)C2C(=O)N(C)C(=O)C2C1c1cccc([N+](=O)[O-])c1. The summed E-state index contributed by atoms with van der Waals surface area (Å²) in [6, 6.07) is 2.86. The van der Waals surface area contributed by atoms with Gasteiger partial charge in [-0.3, -0.25) is 29.4 Å². The number of nitrogens with zero attached hydrogens (tertiary/aromatic N) is 4. The highest BCUT2D eigenvalue weighted by Crippen LogP contribution is 2.50. The standard InChI is InChI=1S/C21H26N6O6/c1-3-23-21(31)26-16(12-5-4-6-13(11-12)27(32)33)14-15(19(29)24(2)18(14)28)17(26)20(30)25-9-7-22-8-10-25/h4-6,11,14-17,22H,3,7-10H2,1-2H3,(H,23,31). The topological polar surface area (TPSA) is 145 Å². The Bertz CT molecular complexity index is 1010. The molecular weight excluding hydrogens is 432 g/mol. The lowest BCUT2D eigenvalue weighted by Gasteiger charge is -2.36. The van der Waals surface area contributed by atoms with Gasteiger partial charge in [0.25, 0.3) is 5.69 Å². The Balaban J connectivity index is 1.86. The Morgan fingerprint density at radius 1 is 1.18 bits per heavy atom. The number of rotatable bonds is 4. The highest BCUT2D eigenvalue weighted by atomic mass is 16.6. The van der Waals surface area contributed by atoms with Crippen molar-refractivity contribution in [3.63, 3.8) is 0 Å². The van der Waals surface area contributed by atoms with Gasteiger partial charge in [0, 0.05) is 51.9 Å². The molecule has 0 radical (unpaired) electrons. The molecule has 12 nitrogen and oxygen atoms in total. The number of carbonyl (C=O) groups excluding carboxylic acids is 4. The van der Waals surface area contributed by atoms with E-state index in [-0.39, 0.29) is 12.2 Å². The van der Waals surface area contributed by atoms with Crippen molar-refractivity contribution in [3.8, 4) is 0 Å². The van der Waals surface area contributed by atoms with Gasteiger partial charge in [-0.1, -0.05) is 12.1 Å². The van der Waals surface area contributed by atoms with Crippen LogP contribution in [0.3, 0.4) is 0 Å². The molecule has 4 rings (SSSR count). The fourth-order valence-electron chi connectivity index (χ4n) is 5.08. The second kappa shape index (κ2) is 8.77. The number of piperazine rings is 1. The first-order valence-corrected chi connectivity index (χ1v) is 10.9. The summed E-state index contributed by atoms with van der Waals surface area (Å²) in [5.41, 5.74) is 0.124. The number of nitro benzene ring substituents is 1. The number of imide groups is 1. The summed E-state index contributed by atoms with van der Waals surface area (Å²) >= 11 is 0. The van der Waals surface area contributed by atoms with Crippen LogP contribution >= 0.6 is 0 Å². The first kappa shape index (κ1) is 22.6. The molecular formula is C21H26N6O6. The van der Waals surface area contributed by atoms with Crippen molar-refractivity contribution in [2.45, 2.75) is 19.0 Å². The van der Waals surface area contributed by atoms with E-state index < -0.39 is 52.6 Å². The van der Waals surface area contributed by atoms with Crippen LogP contribution in [0.4, 0.5) is 10.5 Å². The van der Waals surface area contributed by atoms with Gasteiger partial charge in [-0.2, -0.15) is 0 Å². The maximum absolute atomic E-state index is 13.7. The number of nitrogens with one attached hydrogen (secondary N) is 2. The van der Waals surface area contributed by atoms with Crippen LogP contribution < -0.4 is 10.6 Å². The number of nitro groups is 1. The van der Waals surface area contributed by atoms with Crippen LogP contribution in [0.15, 0.2) is 24.3 Å². The van der Waals surface area contributed by atoms with E-state index in [1.165, 1.54) is 30.1 Å². The Morgan fingerprint density at radius 3 is 2.48 bits per heavy atom. The second-order valence-corrected chi connectivity index (χ2v) is 8.35. The first-order valence-electron chi connectivity index (χ1n) is 10.9. The summed E-state index contributed by atoms with van der Waals surface area (Å²) in [5.74, 6) is -3.50. The van der Waals surface area contributed by atoms with Crippen molar-refractivity contribution in [2.75, 3.05) is 39.8 Å². The molecule has 4 unspecified atom stereocenters. The molecule has 0 saturated carbocycles. The van der Waals surface area contributed by atoms with Gasteiger partial charge in [0.15, 0.2) is 0 Å². The molecule has 3 saturated heterocycles. The lowest BCUT2D eigenvalue weighted by atomic mass is 9.86. The van der Waals surface area contributed by atoms with E-state index in [2.05, 4.69) is 10.6 Å². The van der Waals surface area contributed by atoms with Crippen LogP contribution in [0.1, 0.15) is 18.5 Å². The molecule has 1 aromatic rings. The summed E-state index contributed by atoms with van der Waals surface area (Å²) in [4.78, 5) is 67.8. The van der Waals surface area contributed by atoms with Crippen molar-refractivity contribution >= 4 is 29.4 Å². The minimum Gasteiger partial charge on any atom is -0.338 e. The summed E-state index contributed by atoms with van der Waals surface area (Å²) in [5, 5.41) is 17.2. The third-order valence-corrected chi connectivity index (χ3v) is 6.56. The van der Waals surface area contributed by atoms with Crippen LogP contribution in [0.2, 0.25) is 0 Å². The number of benzene rings is 1. The van der Waals surface area contributed by atoms with Crippen LogP contribution in [0.25, 0.3) is 0 Å². The van der Waals surface area contributed by atoms with Gasteiger partial charge in [0.2, 0.25) is 17.7 Å². The van der Waals surface area contributed by atoms with E-state index in [1.807, 2.05) is 0 Å². The van der Waals surface area contributed by atoms with Crippen LogP contribution in [0, 0.1) is 22.0 Å². The first-order chi connectivity index (χ1) is 15.8. The van der Waals surface area contributed by atoms with Gasteiger partial charge in [0.05, 0.1) is 22.8 Å². The summed E-state index contributed by atoms with van der Waals surface area (Å²) in [6.07, 6.45) is 0. The molecule has 0 spiro atoms. The number of amides is 5. The van der Waals surface area contributed by atoms with E-state index >= 15 is 0 Å². The number of carbonyl (C=O) groups is 4. The number of non-ortho nitro benzene ring substituents is 1. The molecule has 4 atom stereocenters. The van der Waals surface area contributed by atoms with Crippen molar-refractivity contribution in [3.05, 3.63) is 39.9 Å². The average Bonchev–Trinajstić information content (AvgIpc) is 3.28. The molecule has 3 fully saturated rings. The minimum absolute atomic E-state index is 0.207. The lowest BCUT2D eigenvalue weighted by Crippen LogP contribution is -2.57. The van der Waals surface area contributed by atoms with Crippen molar-refractivity contribution < 1.29 is 24.1 Å². The maximum Gasteiger partial charge on any atom is 0.318 e. The van der Waals surface area contributed by atoms with Gasteiger partial charge in [-0.25, -0.2) is 4.79 Å². The zero-order chi connectivity index (χ0) is 23.9. The van der Waals surface area contributed by atoms with Crippen LogP contribution in [-0.4, -0.2) is 89.2 Å². The third-order valence-electron chi connectivity index (χ3n) is 6.56. The quantitative estimate of drug-likeness (QED) is 0.358. The minimum atomic E-state index is -1.19. The number of fused-ring (bicyclic) bond motifs is 1.